The Hall–Kier alpha value is -1.69. The highest BCUT2D eigenvalue weighted by molar-refractivity contribution is 7.89. The van der Waals surface area contributed by atoms with Crippen LogP contribution in [0.5, 0.6) is 0 Å². The second-order valence-electron chi connectivity index (χ2n) is 4.13. The molecule has 0 aromatic heterocycles. The highest BCUT2D eigenvalue weighted by Crippen LogP contribution is 2.09. The van der Waals surface area contributed by atoms with Gasteiger partial charge in [0, 0.05) is 12.1 Å². The van der Waals surface area contributed by atoms with Crippen molar-refractivity contribution in [2.75, 3.05) is 0 Å². The van der Waals surface area contributed by atoms with Crippen molar-refractivity contribution < 1.29 is 13.2 Å². The summed E-state index contributed by atoms with van der Waals surface area (Å²) in [5.74, 6) is -0.0641. The first-order valence-electron chi connectivity index (χ1n) is 5.42. The summed E-state index contributed by atoms with van der Waals surface area (Å²) < 4.78 is 23.7. The molecular formula is C12H16N2O3S. The van der Waals surface area contributed by atoms with Crippen LogP contribution >= 0.6 is 0 Å². The molecule has 0 fully saturated rings. The molecule has 1 aromatic rings. The van der Waals surface area contributed by atoms with Crippen LogP contribution in [-0.4, -0.2) is 19.9 Å². The predicted molar refractivity (Wildman–Crippen MR) is 69.9 cm³/mol. The van der Waals surface area contributed by atoms with Crippen molar-refractivity contribution in [2.24, 2.45) is 5.10 Å². The van der Waals surface area contributed by atoms with E-state index in [1.54, 1.807) is 19.1 Å². The number of hydrazone groups is 1. The number of aryl methyl sites for hydroxylation is 1. The third-order valence-corrected chi connectivity index (χ3v) is 3.42. The number of nitrogens with zero attached hydrogens (tertiary/aromatic N) is 1. The molecule has 0 aliphatic carbocycles. The molecule has 1 rings (SSSR count). The van der Waals surface area contributed by atoms with E-state index in [2.05, 4.69) is 9.93 Å². The maximum atomic E-state index is 11.8. The van der Waals surface area contributed by atoms with Crippen molar-refractivity contribution in [3.05, 3.63) is 29.8 Å². The molecule has 1 aromatic carbocycles. The van der Waals surface area contributed by atoms with Crippen LogP contribution in [0.4, 0.5) is 0 Å². The summed E-state index contributed by atoms with van der Waals surface area (Å²) in [5.41, 5.74) is 1.41. The van der Waals surface area contributed by atoms with E-state index in [0.717, 1.165) is 5.56 Å². The third-order valence-electron chi connectivity index (χ3n) is 2.19. The second kappa shape index (κ2) is 5.77. The van der Waals surface area contributed by atoms with Gasteiger partial charge in [-0.2, -0.15) is 13.5 Å². The van der Waals surface area contributed by atoms with Crippen molar-refractivity contribution in [2.45, 2.75) is 32.1 Å². The van der Waals surface area contributed by atoms with Crippen LogP contribution in [0.2, 0.25) is 0 Å². The van der Waals surface area contributed by atoms with Crippen molar-refractivity contribution in [3.8, 4) is 0 Å². The standard InChI is InChI=1S/C12H16N2O3S/c1-9-4-6-12(7-5-9)18(16,17)14-13-10(2)8-11(3)15/h4-7,14H,8H2,1-3H3. The highest BCUT2D eigenvalue weighted by Gasteiger charge is 2.12. The van der Waals surface area contributed by atoms with Gasteiger partial charge in [-0.25, -0.2) is 4.83 Å². The third kappa shape index (κ3) is 4.29. The monoisotopic (exact) mass is 268 g/mol. The van der Waals surface area contributed by atoms with E-state index in [4.69, 9.17) is 0 Å². The van der Waals surface area contributed by atoms with Crippen molar-refractivity contribution in [1.82, 2.24) is 4.83 Å². The highest BCUT2D eigenvalue weighted by atomic mass is 32.2. The lowest BCUT2D eigenvalue weighted by Crippen LogP contribution is -2.20. The van der Waals surface area contributed by atoms with Crippen molar-refractivity contribution in [1.29, 1.82) is 0 Å². The Kier molecular flexibility index (Phi) is 4.61. The van der Waals surface area contributed by atoms with Crippen LogP contribution in [0.25, 0.3) is 0 Å². The number of rotatable bonds is 5. The number of Topliss-reactive ketones (excluding diaryl/α,β-unsaturated/α-hetero) is 1. The minimum Gasteiger partial charge on any atom is -0.300 e. The van der Waals surface area contributed by atoms with E-state index in [-0.39, 0.29) is 17.1 Å². The molecule has 0 saturated carbocycles. The number of hydrogen-bond donors (Lipinski definition) is 1. The number of benzene rings is 1. The molecule has 0 amide bonds. The fourth-order valence-electron chi connectivity index (χ4n) is 1.31. The molecule has 0 saturated heterocycles. The van der Waals surface area contributed by atoms with E-state index < -0.39 is 10.0 Å². The molecule has 0 unspecified atom stereocenters. The summed E-state index contributed by atoms with van der Waals surface area (Å²) in [5, 5.41) is 3.69. The molecule has 98 valence electrons. The summed E-state index contributed by atoms with van der Waals surface area (Å²) in [6.07, 6.45) is 0.135. The van der Waals surface area contributed by atoms with Crippen LogP contribution in [0.3, 0.4) is 0 Å². The van der Waals surface area contributed by atoms with E-state index in [9.17, 15) is 13.2 Å². The summed E-state index contributed by atoms with van der Waals surface area (Å²) in [4.78, 5) is 13.1. The van der Waals surface area contributed by atoms with Gasteiger partial charge in [-0.3, -0.25) is 4.79 Å². The van der Waals surface area contributed by atoms with Gasteiger partial charge >= 0.3 is 0 Å². The van der Waals surface area contributed by atoms with Crippen LogP contribution in [-0.2, 0) is 14.8 Å². The van der Waals surface area contributed by atoms with Crippen LogP contribution in [0, 0.1) is 6.92 Å². The first-order valence-corrected chi connectivity index (χ1v) is 6.90. The SMILES string of the molecule is CC(=O)CC(C)=NNS(=O)(=O)c1ccc(C)cc1. The van der Waals surface area contributed by atoms with Crippen LogP contribution in [0.1, 0.15) is 25.8 Å². The Bertz CT molecular complexity index is 559. The lowest BCUT2D eigenvalue weighted by molar-refractivity contribution is -0.115. The van der Waals surface area contributed by atoms with Gasteiger partial charge in [-0.1, -0.05) is 17.7 Å². The average molecular weight is 268 g/mol. The predicted octanol–water partition coefficient (Wildman–Crippen LogP) is 1.63. The maximum Gasteiger partial charge on any atom is 0.276 e. The normalized spacial score (nSPS) is 12.3. The molecule has 0 atom stereocenters. The van der Waals surface area contributed by atoms with E-state index in [1.165, 1.54) is 19.1 Å². The molecule has 0 spiro atoms. The Morgan fingerprint density at radius 3 is 2.28 bits per heavy atom. The Labute approximate surface area is 107 Å². The van der Waals surface area contributed by atoms with Crippen molar-refractivity contribution in [3.63, 3.8) is 0 Å². The van der Waals surface area contributed by atoms with E-state index in [1.807, 2.05) is 6.92 Å². The van der Waals surface area contributed by atoms with Gasteiger partial charge < -0.3 is 0 Å². The van der Waals surface area contributed by atoms with Crippen LogP contribution in [0.15, 0.2) is 34.3 Å². The van der Waals surface area contributed by atoms with Gasteiger partial charge in [0.15, 0.2) is 0 Å². The number of ketones is 1. The molecule has 6 heteroatoms. The van der Waals surface area contributed by atoms with Crippen molar-refractivity contribution >= 4 is 21.5 Å². The molecule has 5 nitrogen and oxygen atoms in total. The lowest BCUT2D eigenvalue weighted by atomic mass is 10.2. The Balaban J connectivity index is 2.83. The van der Waals surface area contributed by atoms with Gasteiger partial charge in [0.05, 0.1) is 4.90 Å². The Morgan fingerprint density at radius 1 is 1.22 bits per heavy atom. The Morgan fingerprint density at radius 2 is 1.78 bits per heavy atom. The number of carbonyl (C=O) groups is 1. The largest absolute Gasteiger partial charge is 0.300 e. The first-order chi connectivity index (χ1) is 8.31. The topological polar surface area (TPSA) is 75.6 Å². The molecule has 1 N–H and O–H groups in total. The number of carbonyl (C=O) groups excluding carboxylic acids is 1. The molecule has 0 aliphatic rings. The minimum absolute atomic E-state index is 0.0641. The van der Waals surface area contributed by atoms with Crippen LogP contribution < -0.4 is 4.83 Å². The van der Waals surface area contributed by atoms with E-state index >= 15 is 0 Å². The minimum atomic E-state index is -3.66. The summed E-state index contributed by atoms with van der Waals surface area (Å²) >= 11 is 0. The lowest BCUT2D eigenvalue weighted by Gasteiger charge is -2.04. The van der Waals surface area contributed by atoms with E-state index in [0.29, 0.717) is 5.71 Å². The molecular weight excluding hydrogens is 252 g/mol. The molecule has 0 heterocycles. The molecule has 0 bridgehead atoms. The van der Waals surface area contributed by atoms with Gasteiger partial charge in [0.1, 0.15) is 5.78 Å². The maximum absolute atomic E-state index is 11.8. The fraction of sp³-hybridized carbons (Fsp3) is 0.333. The second-order valence-corrected chi connectivity index (χ2v) is 5.79. The quantitative estimate of drug-likeness (QED) is 0.651. The molecule has 0 aliphatic heterocycles. The summed E-state index contributed by atoms with van der Waals surface area (Å²) in [6.45, 7) is 4.89. The number of hydrogen-bond acceptors (Lipinski definition) is 4. The van der Waals surface area contributed by atoms with Gasteiger partial charge in [0.25, 0.3) is 10.0 Å². The number of sulfonamides is 1. The van der Waals surface area contributed by atoms with Gasteiger partial charge in [-0.05, 0) is 32.9 Å². The van der Waals surface area contributed by atoms with Gasteiger partial charge in [0.2, 0.25) is 0 Å². The fourth-order valence-corrected chi connectivity index (χ4v) is 2.18. The zero-order valence-corrected chi connectivity index (χ0v) is 11.4. The number of nitrogens with one attached hydrogen (secondary N) is 1. The summed E-state index contributed by atoms with van der Waals surface area (Å²) in [7, 11) is -3.66. The molecule has 0 radical (unpaired) electrons. The smallest absolute Gasteiger partial charge is 0.276 e. The van der Waals surface area contributed by atoms with Gasteiger partial charge in [-0.15, -0.1) is 0 Å². The summed E-state index contributed by atoms with van der Waals surface area (Å²) in [6, 6.07) is 6.43. The zero-order chi connectivity index (χ0) is 13.8. The zero-order valence-electron chi connectivity index (χ0n) is 10.6. The average Bonchev–Trinajstić information content (AvgIpc) is 2.26. The molecule has 18 heavy (non-hydrogen) atoms. The first kappa shape index (κ1) is 14.4.